The van der Waals surface area contributed by atoms with Gasteiger partial charge in [-0.25, -0.2) is 0 Å². The van der Waals surface area contributed by atoms with Gasteiger partial charge in [0, 0.05) is 11.5 Å². The highest BCUT2D eigenvalue weighted by Gasteiger charge is 2.25. The van der Waals surface area contributed by atoms with E-state index < -0.39 is 0 Å². The molecule has 1 fully saturated rings. The molecule has 2 aromatic carbocycles. The Labute approximate surface area is 167 Å². The lowest BCUT2D eigenvalue weighted by atomic mass is 9.95. The second-order valence-electron chi connectivity index (χ2n) is 7.84. The number of rotatable bonds is 4. The van der Waals surface area contributed by atoms with Crippen molar-refractivity contribution in [3.63, 3.8) is 0 Å². The fraction of sp³-hybridized carbons (Fsp3) is 0.304. The third-order valence-corrected chi connectivity index (χ3v) is 5.96. The number of carbonyl (C=O) groups excluding carboxylic acids is 1. The highest BCUT2D eigenvalue weighted by atomic mass is 16.1. The van der Waals surface area contributed by atoms with Gasteiger partial charge in [0.2, 0.25) is 5.78 Å². The molecule has 0 spiro atoms. The van der Waals surface area contributed by atoms with E-state index in [1.807, 2.05) is 53.8 Å². The molecule has 6 heteroatoms. The van der Waals surface area contributed by atoms with E-state index in [-0.39, 0.29) is 17.3 Å². The first-order valence-corrected chi connectivity index (χ1v) is 10.1. The summed E-state index contributed by atoms with van der Waals surface area (Å²) >= 11 is 0. The van der Waals surface area contributed by atoms with Crippen LogP contribution in [0.1, 0.15) is 47.4 Å². The van der Waals surface area contributed by atoms with Gasteiger partial charge >= 0.3 is 0 Å². The summed E-state index contributed by atoms with van der Waals surface area (Å²) in [5.41, 5.74) is 2.22. The zero-order valence-corrected chi connectivity index (χ0v) is 16.3. The van der Waals surface area contributed by atoms with Gasteiger partial charge < -0.3 is 0 Å². The second-order valence-corrected chi connectivity index (χ2v) is 7.84. The van der Waals surface area contributed by atoms with Crippen LogP contribution in [0.5, 0.6) is 0 Å². The van der Waals surface area contributed by atoms with Gasteiger partial charge in [0.15, 0.2) is 5.78 Å². The van der Waals surface area contributed by atoms with Gasteiger partial charge in [0.25, 0.3) is 5.56 Å². The Balaban J connectivity index is 1.72. The molecule has 1 aliphatic rings. The summed E-state index contributed by atoms with van der Waals surface area (Å²) < 4.78 is 3.53. The molecule has 6 nitrogen and oxygen atoms in total. The lowest BCUT2D eigenvalue weighted by molar-refractivity contribution is 0.0923. The van der Waals surface area contributed by atoms with E-state index in [0.717, 1.165) is 36.8 Å². The highest BCUT2D eigenvalue weighted by molar-refractivity contribution is 6.01. The van der Waals surface area contributed by atoms with Gasteiger partial charge in [0.1, 0.15) is 5.82 Å². The molecule has 2 aromatic heterocycles. The Hall–Kier alpha value is -3.28. The minimum absolute atomic E-state index is 0.0828. The lowest BCUT2D eigenvalue weighted by Gasteiger charge is -2.13. The van der Waals surface area contributed by atoms with E-state index in [9.17, 15) is 9.59 Å². The van der Waals surface area contributed by atoms with Crippen LogP contribution >= 0.6 is 0 Å². The minimum atomic E-state index is -0.148. The molecule has 0 bridgehead atoms. The molecule has 1 aliphatic carbocycles. The maximum atomic E-state index is 13.4. The smallest absolute Gasteiger partial charge is 0.263 e. The van der Waals surface area contributed by atoms with E-state index in [1.165, 1.54) is 0 Å². The molecular formula is C23H22N4O2. The number of hydrogen-bond donors (Lipinski definition) is 0. The van der Waals surface area contributed by atoms with Gasteiger partial charge in [0.05, 0.1) is 17.4 Å². The van der Waals surface area contributed by atoms with Crippen LogP contribution in [0.2, 0.25) is 0 Å². The maximum Gasteiger partial charge on any atom is 0.263 e. The Morgan fingerprint density at radius 2 is 1.83 bits per heavy atom. The number of Topliss-reactive ketones (excluding diaryl/α,β-unsaturated/α-hetero) is 1. The van der Waals surface area contributed by atoms with Crippen molar-refractivity contribution in [2.45, 2.75) is 39.2 Å². The number of fused-ring (bicyclic) bond motifs is 3. The first kappa shape index (κ1) is 17.8. The number of ketones is 1. The van der Waals surface area contributed by atoms with Crippen LogP contribution in [-0.2, 0) is 6.54 Å². The summed E-state index contributed by atoms with van der Waals surface area (Å²) in [4.78, 5) is 26.3. The van der Waals surface area contributed by atoms with Crippen molar-refractivity contribution in [3.8, 4) is 0 Å². The van der Waals surface area contributed by atoms with E-state index in [1.54, 1.807) is 10.6 Å². The molecule has 0 radical (unpaired) electrons. The van der Waals surface area contributed by atoms with Gasteiger partial charge in [-0.15, -0.1) is 10.2 Å². The Morgan fingerprint density at radius 1 is 1.07 bits per heavy atom. The quantitative estimate of drug-likeness (QED) is 0.501. The molecule has 0 atom stereocenters. The van der Waals surface area contributed by atoms with Crippen molar-refractivity contribution in [2.24, 2.45) is 5.92 Å². The molecule has 4 aromatic rings. The fourth-order valence-electron chi connectivity index (χ4n) is 4.43. The van der Waals surface area contributed by atoms with Crippen LogP contribution in [0.3, 0.4) is 0 Å². The summed E-state index contributed by atoms with van der Waals surface area (Å²) in [5.74, 6) is 1.46. The van der Waals surface area contributed by atoms with Gasteiger partial charge in [-0.3, -0.25) is 18.6 Å². The highest BCUT2D eigenvalue weighted by Crippen LogP contribution is 2.29. The summed E-state index contributed by atoms with van der Waals surface area (Å²) in [6.07, 6.45) is 4.10. The van der Waals surface area contributed by atoms with Crippen LogP contribution in [0.15, 0.2) is 53.3 Å². The van der Waals surface area contributed by atoms with Crippen LogP contribution in [0.4, 0.5) is 0 Å². The number of benzene rings is 2. The molecule has 1 saturated carbocycles. The zero-order valence-electron chi connectivity index (χ0n) is 16.3. The van der Waals surface area contributed by atoms with Gasteiger partial charge in [-0.05, 0) is 43.5 Å². The van der Waals surface area contributed by atoms with Crippen LogP contribution in [0.25, 0.3) is 16.7 Å². The standard InChI is InChI=1S/C23H22N4O2/c1-15-24-25-23-26(14-16-7-3-2-4-8-16)22(29)19-13-18(11-12-20(19)27(15)23)21(28)17-9-5-6-10-17/h2-4,7-8,11-13,17H,5-6,9-10,14H2,1H3. The second kappa shape index (κ2) is 6.95. The predicted octanol–water partition coefficient (Wildman–Crippen LogP) is 3.77. The van der Waals surface area contributed by atoms with Crippen molar-refractivity contribution in [1.29, 1.82) is 0 Å². The van der Waals surface area contributed by atoms with E-state index >= 15 is 0 Å². The van der Waals surface area contributed by atoms with Crippen molar-refractivity contribution in [1.82, 2.24) is 19.2 Å². The molecular weight excluding hydrogens is 364 g/mol. The molecule has 0 N–H and O–H groups in total. The van der Waals surface area contributed by atoms with Gasteiger partial charge in [-0.1, -0.05) is 43.2 Å². The number of aromatic nitrogens is 4. The fourth-order valence-corrected chi connectivity index (χ4v) is 4.43. The summed E-state index contributed by atoms with van der Waals surface area (Å²) in [6.45, 7) is 2.27. The Morgan fingerprint density at radius 3 is 2.59 bits per heavy atom. The normalized spacial score (nSPS) is 14.8. The third-order valence-electron chi connectivity index (χ3n) is 5.96. The Bertz CT molecular complexity index is 1280. The summed E-state index contributed by atoms with van der Waals surface area (Å²) in [5, 5.41) is 8.98. The number of carbonyl (C=O) groups is 1. The van der Waals surface area contributed by atoms with Gasteiger partial charge in [-0.2, -0.15) is 0 Å². The largest absolute Gasteiger partial charge is 0.294 e. The van der Waals surface area contributed by atoms with Crippen molar-refractivity contribution in [3.05, 3.63) is 75.8 Å². The lowest BCUT2D eigenvalue weighted by Crippen LogP contribution is -2.24. The average Bonchev–Trinajstić information content (AvgIpc) is 3.41. The maximum absolute atomic E-state index is 13.4. The Kier molecular flexibility index (Phi) is 4.27. The number of nitrogens with zero attached hydrogens (tertiary/aromatic N) is 4. The topological polar surface area (TPSA) is 69.3 Å². The minimum Gasteiger partial charge on any atom is -0.294 e. The number of aryl methyl sites for hydroxylation is 1. The van der Waals surface area contributed by atoms with Crippen LogP contribution in [0, 0.1) is 12.8 Å². The summed E-state index contributed by atoms with van der Waals surface area (Å²) in [6, 6.07) is 15.3. The first-order valence-electron chi connectivity index (χ1n) is 10.1. The molecule has 29 heavy (non-hydrogen) atoms. The molecule has 0 unspecified atom stereocenters. The van der Waals surface area contributed by atoms with Crippen LogP contribution < -0.4 is 5.56 Å². The van der Waals surface area contributed by atoms with Crippen molar-refractivity contribution < 1.29 is 4.79 Å². The predicted molar refractivity (Wildman–Crippen MR) is 111 cm³/mol. The average molecular weight is 386 g/mol. The van der Waals surface area contributed by atoms with E-state index in [2.05, 4.69) is 10.2 Å². The van der Waals surface area contributed by atoms with Crippen molar-refractivity contribution in [2.75, 3.05) is 0 Å². The third kappa shape index (κ3) is 2.95. The monoisotopic (exact) mass is 386 g/mol. The van der Waals surface area contributed by atoms with E-state index in [4.69, 9.17) is 0 Å². The van der Waals surface area contributed by atoms with Crippen molar-refractivity contribution >= 4 is 22.5 Å². The number of hydrogen-bond acceptors (Lipinski definition) is 4. The van der Waals surface area contributed by atoms with E-state index in [0.29, 0.717) is 29.1 Å². The zero-order chi connectivity index (χ0) is 20.0. The summed E-state index contributed by atoms with van der Waals surface area (Å²) in [7, 11) is 0. The molecule has 0 aliphatic heterocycles. The molecule has 146 valence electrons. The molecule has 0 saturated heterocycles. The molecule has 0 amide bonds. The molecule has 5 rings (SSSR count). The molecule has 2 heterocycles. The first-order chi connectivity index (χ1) is 14.1. The van der Waals surface area contributed by atoms with Crippen LogP contribution in [-0.4, -0.2) is 24.9 Å². The SMILES string of the molecule is Cc1nnc2n(Cc3ccccc3)c(=O)c3cc(C(=O)C4CCCC4)ccc3n12.